The Kier molecular flexibility index (Phi) is 1.65. The lowest BCUT2D eigenvalue weighted by atomic mass is 9.70. The molecule has 1 aliphatic carbocycles. The fourth-order valence-corrected chi connectivity index (χ4v) is 2.18. The zero-order chi connectivity index (χ0) is 8.77. The molecule has 3 heteroatoms. The van der Waals surface area contributed by atoms with Crippen molar-refractivity contribution in [2.24, 2.45) is 16.5 Å². The Morgan fingerprint density at radius 1 is 1.58 bits per heavy atom. The van der Waals surface area contributed by atoms with E-state index in [1.165, 1.54) is 0 Å². The van der Waals surface area contributed by atoms with Crippen LogP contribution < -0.4 is 0 Å². The normalized spacial score (nSPS) is 38.4. The van der Waals surface area contributed by atoms with Crippen LogP contribution in [0.2, 0.25) is 0 Å². The third-order valence-corrected chi connectivity index (χ3v) is 2.96. The average molecular weight is 169 g/mol. The summed E-state index contributed by atoms with van der Waals surface area (Å²) in [6.45, 7) is 4.33. The Labute approximate surface area is 72.4 Å². The molecule has 1 N–H and O–H groups in total. The third-order valence-electron chi connectivity index (χ3n) is 2.96. The molecule has 1 fully saturated rings. The maximum Gasteiger partial charge on any atom is 0.232 e. The smallest absolute Gasteiger partial charge is 0.232 e. The van der Waals surface area contributed by atoms with E-state index in [-0.39, 0.29) is 11.3 Å². The third kappa shape index (κ3) is 1.04. The molecule has 0 saturated heterocycles. The van der Waals surface area contributed by atoms with Crippen LogP contribution in [0.15, 0.2) is 5.16 Å². The summed E-state index contributed by atoms with van der Waals surface area (Å²) in [6, 6.07) is 0. The van der Waals surface area contributed by atoms with Crippen molar-refractivity contribution >= 4 is 5.71 Å². The minimum absolute atomic E-state index is 0.125. The van der Waals surface area contributed by atoms with E-state index in [4.69, 9.17) is 4.84 Å². The summed E-state index contributed by atoms with van der Waals surface area (Å²) >= 11 is 0. The SMILES string of the molecule is CC1(C)CCC[C@H]2C1=NO[C@@H]2O. The Bertz CT molecular complexity index is 223. The largest absolute Gasteiger partial charge is 0.363 e. The van der Waals surface area contributed by atoms with Gasteiger partial charge in [-0.2, -0.15) is 0 Å². The number of hydrogen-bond acceptors (Lipinski definition) is 3. The van der Waals surface area contributed by atoms with Gasteiger partial charge in [-0.1, -0.05) is 25.4 Å². The van der Waals surface area contributed by atoms with Crippen molar-refractivity contribution in [3.8, 4) is 0 Å². The second-order valence-corrected chi connectivity index (χ2v) is 4.36. The highest BCUT2D eigenvalue weighted by atomic mass is 16.7. The summed E-state index contributed by atoms with van der Waals surface area (Å²) < 4.78 is 0. The molecule has 0 aromatic heterocycles. The van der Waals surface area contributed by atoms with Crippen molar-refractivity contribution < 1.29 is 9.94 Å². The highest BCUT2D eigenvalue weighted by Gasteiger charge is 2.43. The molecular formula is C9H15NO2. The van der Waals surface area contributed by atoms with Crippen LogP contribution in [0.1, 0.15) is 33.1 Å². The summed E-state index contributed by atoms with van der Waals surface area (Å²) in [7, 11) is 0. The first-order chi connectivity index (χ1) is 5.61. The molecule has 2 atom stereocenters. The molecule has 0 aromatic rings. The van der Waals surface area contributed by atoms with E-state index in [0.29, 0.717) is 0 Å². The van der Waals surface area contributed by atoms with Gasteiger partial charge >= 0.3 is 0 Å². The van der Waals surface area contributed by atoms with E-state index in [2.05, 4.69) is 19.0 Å². The molecule has 3 nitrogen and oxygen atoms in total. The minimum Gasteiger partial charge on any atom is -0.363 e. The van der Waals surface area contributed by atoms with Gasteiger partial charge in [0.05, 0.1) is 11.6 Å². The molecule has 0 unspecified atom stereocenters. The predicted molar refractivity (Wildman–Crippen MR) is 45.6 cm³/mol. The van der Waals surface area contributed by atoms with Gasteiger partial charge in [-0.05, 0) is 12.8 Å². The van der Waals surface area contributed by atoms with E-state index >= 15 is 0 Å². The molecule has 2 rings (SSSR count). The summed E-state index contributed by atoms with van der Waals surface area (Å²) in [4.78, 5) is 4.88. The van der Waals surface area contributed by atoms with Gasteiger partial charge in [0.2, 0.25) is 6.29 Å². The first-order valence-corrected chi connectivity index (χ1v) is 4.53. The standard InChI is InChI=1S/C9H15NO2/c1-9(2)5-3-4-6-7(9)10-12-8(6)11/h6,8,11H,3-5H2,1-2H3/t6-,8-/m0/s1. The van der Waals surface area contributed by atoms with Crippen LogP contribution in [0.4, 0.5) is 0 Å². The summed E-state index contributed by atoms with van der Waals surface area (Å²) in [5.41, 5.74) is 1.18. The summed E-state index contributed by atoms with van der Waals surface area (Å²) in [5.74, 6) is 0.161. The molecule has 1 saturated carbocycles. The van der Waals surface area contributed by atoms with Crippen molar-refractivity contribution in [1.82, 2.24) is 0 Å². The Morgan fingerprint density at radius 3 is 3.00 bits per heavy atom. The number of aliphatic hydroxyl groups excluding tert-OH is 1. The van der Waals surface area contributed by atoms with Crippen LogP contribution in [-0.2, 0) is 4.84 Å². The average Bonchev–Trinajstić information content (AvgIpc) is 2.33. The van der Waals surface area contributed by atoms with Gasteiger partial charge in [-0.25, -0.2) is 0 Å². The number of rotatable bonds is 0. The van der Waals surface area contributed by atoms with Gasteiger partial charge in [0.15, 0.2) is 0 Å². The number of nitrogens with zero attached hydrogens (tertiary/aromatic N) is 1. The second-order valence-electron chi connectivity index (χ2n) is 4.36. The predicted octanol–water partition coefficient (Wildman–Crippen LogP) is 1.52. The zero-order valence-electron chi connectivity index (χ0n) is 7.58. The van der Waals surface area contributed by atoms with Crippen molar-refractivity contribution in [2.45, 2.75) is 39.4 Å². The van der Waals surface area contributed by atoms with E-state index in [0.717, 1.165) is 25.0 Å². The molecule has 1 heterocycles. The molecule has 0 radical (unpaired) electrons. The van der Waals surface area contributed by atoms with Crippen LogP contribution in [0.5, 0.6) is 0 Å². The van der Waals surface area contributed by atoms with E-state index in [1.807, 2.05) is 0 Å². The lowest BCUT2D eigenvalue weighted by molar-refractivity contribution is -0.101. The van der Waals surface area contributed by atoms with Crippen molar-refractivity contribution in [3.63, 3.8) is 0 Å². The lowest BCUT2D eigenvalue weighted by Crippen LogP contribution is -2.37. The Balaban J connectivity index is 2.25. The molecule has 2 aliphatic rings. The monoisotopic (exact) mass is 169 g/mol. The van der Waals surface area contributed by atoms with Gasteiger partial charge in [0, 0.05) is 5.41 Å². The first-order valence-electron chi connectivity index (χ1n) is 4.53. The second kappa shape index (κ2) is 2.46. The molecular weight excluding hydrogens is 154 g/mol. The van der Waals surface area contributed by atoms with Crippen molar-refractivity contribution in [1.29, 1.82) is 0 Å². The Hall–Kier alpha value is -0.570. The van der Waals surface area contributed by atoms with Gasteiger partial charge in [0.25, 0.3) is 0 Å². The van der Waals surface area contributed by atoms with Crippen molar-refractivity contribution in [3.05, 3.63) is 0 Å². The zero-order valence-corrected chi connectivity index (χ0v) is 7.58. The number of aliphatic hydroxyl groups is 1. The topological polar surface area (TPSA) is 41.8 Å². The molecule has 12 heavy (non-hydrogen) atoms. The maximum absolute atomic E-state index is 9.42. The van der Waals surface area contributed by atoms with E-state index < -0.39 is 6.29 Å². The molecule has 0 bridgehead atoms. The Morgan fingerprint density at radius 2 is 2.33 bits per heavy atom. The first kappa shape index (κ1) is 8.05. The van der Waals surface area contributed by atoms with Crippen LogP contribution in [0, 0.1) is 11.3 Å². The van der Waals surface area contributed by atoms with E-state index in [1.54, 1.807) is 0 Å². The van der Waals surface area contributed by atoms with E-state index in [9.17, 15) is 5.11 Å². The lowest BCUT2D eigenvalue weighted by Gasteiger charge is -2.32. The van der Waals surface area contributed by atoms with Gasteiger partial charge in [0.1, 0.15) is 0 Å². The fraction of sp³-hybridized carbons (Fsp3) is 0.889. The van der Waals surface area contributed by atoms with Gasteiger partial charge in [-0.15, -0.1) is 0 Å². The minimum atomic E-state index is -0.681. The van der Waals surface area contributed by atoms with Crippen LogP contribution in [0.25, 0.3) is 0 Å². The molecule has 0 spiro atoms. The number of hydrogen-bond donors (Lipinski definition) is 1. The van der Waals surface area contributed by atoms with Gasteiger partial charge < -0.3 is 9.94 Å². The van der Waals surface area contributed by atoms with Gasteiger partial charge in [-0.3, -0.25) is 0 Å². The molecule has 68 valence electrons. The highest BCUT2D eigenvalue weighted by Crippen LogP contribution is 2.40. The molecule has 0 amide bonds. The summed E-state index contributed by atoms with van der Waals surface area (Å²) in [5, 5.41) is 13.4. The van der Waals surface area contributed by atoms with Crippen molar-refractivity contribution in [2.75, 3.05) is 0 Å². The quantitative estimate of drug-likeness (QED) is 0.597. The molecule has 1 aliphatic heterocycles. The number of oxime groups is 1. The molecule has 0 aromatic carbocycles. The van der Waals surface area contributed by atoms with Crippen LogP contribution in [0.3, 0.4) is 0 Å². The highest BCUT2D eigenvalue weighted by molar-refractivity contribution is 5.93. The number of fused-ring (bicyclic) bond motifs is 1. The fourth-order valence-electron chi connectivity index (χ4n) is 2.18. The van der Waals surface area contributed by atoms with Crippen LogP contribution >= 0.6 is 0 Å². The maximum atomic E-state index is 9.42. The van der Waals surface area contributed by atoms with Crippen LogP contribution in [-0.4, -0.2) is 17.1 Å². The summed E-state index contributed by atoms with van der Waals surface area (Å²) in [6.07, 6.45) is 2.65.